The molecule has 0 radical (unpaired) electrons. The molecule has 1 unspecified atom stereocenters. The second-order valence-corrected chi connectivity index (χ2v) is 8.19. The molecule has 1 atom stereocenters. The smallest absolute Gasteiger partial charge is 0.191 e. The van der Waals surface area contributed by atoms with Crippen LogP contribution in [0.1, 0.15) is 31.5 Å². The lowest BCUT2D eigenvalue weighted by molar-refractivity contribution is 0.210. The number of pyridine rings is 1. The van der Waals surface area contributed by atoms with Crippen molar-refractivity contribution in [3.05, 3.63) is 70.4 Å². The first kappa shape index (κ1) is 20.1. The fourth-order valence-electron chi connectivity index (χ4n) is 3.01. The molecule has 0 aliphatic carbocycles. The van der Waals surface area contributed by atoms with Crippen molar-refractivity contribution >= 4 is 40.6 Å². The first-order chi connectivity index (χ1) is 14.0. The van der Waals surface area contributed by atoms with E-state index in [0.717, 1.165) is 28.9 Å². The topological polar surface area (TPSA) is 57.2 Å². The van der Waals surface area contributed by atoms with Gasteiger partial charge in [0.05, 0.1) is 10.7 Å². The molecule has 1 aromatic carbocycles. The van der Waals surface area contributed by atoms with Crippen LogP contribution in [0.25, 0.3) is 5.65 Å². The molecule has 4 aromatic rings. The fraction of sp³-hybridized carbons (Fsp3) is 0.250. The van der Waals surface area contributed by atoms with E-state index in [1.54, 1.807) is 30.0 Å². The summed E-state index contributed by atoms with van der Waals surface area (Å²) in [4.78, 5) is 4.63. The molecule has 0 saturated carbocycles. The van der Waals surface area contributed by atoms with Crippen LogP contribution >= 0.6 is 35.0 Å². The van der Waals surface area contributed by atoms with E-state index in [-0.39, 0.29) is 6.10 Å². The number of ether oxygens (including phenoxy) is 1. The van der Waals surface area contributed by atoms with Crippen molar-refractivity contribution in [1.29, 1.82) is 0 Å². The number of rotatable bonds is 7. The molecule has 9 heteroatoms. The molecule has 0 saturated heterocycles. The summed E-state index contributed by atoms with van der Waals surface area (Å²) in [6.07, 6.45) is 3.69. The highest BCUT2D eigenvalue weighted by Gasteiger charge is 2.20. The molecule has 0 N–H and O–H groups in total. The molecular formula is C20H19Cl2N5OS. The summed E-state index contributed by atoms with van der Waals surface area (Å²) in [6.45, 7) is 4.71. The van der Waals surface area contributed by atoms with E-state index in [4.69, 9.17) is 27.9 Å². The number of benzene rings is 1. The van der Waals surface area contributed by atoms with Gasteiger partial charge in [-0.05, 0) is 38.1 Å². The minimum absolute atomic E-state index is 0.331. The third kappa shape index (κ3) is 4.37. The van der Waals surface area contributed by atoms with Gasteiger partial charge >= 0.3 is 0 Å². The van der Waals surface area contributed by atoms with Crippen LogP contribution < -0.4 is 4.74 Å². The van der Waals surface area contributed by atoms with Crippen LogP contribution in [0, 0.1) is 0 Å². The van der Waals surface area contributed by atoms with Gasteiger partial charge in [0.1, 0.15) is 11.4 Å². The number of hydrogen-bond donors (Lipinski definition) is 0. The highest BCUT2D eigenvalue weighted by molar-refractivity contribution is 7.98. The maximum atomic E-state index is 6.22. The molecule has 29 heavy (non-hydrogen) atoms. The fourth-order valence-corrected chi connectivity index (χ4v) is 4.23. The molecule has 150 valence electrons. The van der Waals surface area contributed by atoms with Gasteiger partial charge in [0.15, 0.2) is 17.1 Å². The summed E-state index contributed by atoms with van der Waals surface area (Å²) in [5.74, 6) is 1.96. The maximum absolute atomic E-state index is 6.22. The average Bonchev–Trinajstić information content (AvgIpc) is 3.32. The van der Waals surface area contributed by atoms with Crippen LogP contribution in [0.5, 0.6) is 5.75 Å². The highest BCUT2D eigenvalue weighted by Crippen LogP contribution is 2.32. The van der Waals surface area contributed by atoms with Gasteiger partial charge in [-0.3, -0.25) is 0 Å². The van der Waals surface area contributed by atoms with Crippen LogP contribution in [0.4, 0.5) is 0 Å². The van der Waals surface area contributed by atoms with Gasteiger partial charge in [0, 0.05) is 35.8 Å². The molecule has 6 nitrogen and oxygen atoms in total. The van der Waals surface area contributed by atoms with Crippen LogP contribution in [-0.2, 0) is 12.3 Å². The van der Waals surface area contributed by atoms with Gasteiger partial charge < -0.3 is 13.7 Å². The van der Waals surface area contributed by atoms with Crippen molar-refractivity contribution < 1.29 is 4.74 Å². The summed E-state index contributed by atoms with van der Waals surface area (Å²) in [5, 5.41) is 10.6. The Kier molecular flexibility index (Phi) is 5.99. The lowest BCUT2D eigenvalue weighted by Gasteiger charge is -2.16. The molecular weight excluding hydrogens is 429 g/mol. The van der Waals surface area contributed by atoms with Crippen molar-refractivity contribution in [2.75, 3.05) is 0 Å². The molecule has 0 aliphatic rings. The van der Waals surface area contributed by atoms with Gasteiger partial charge in [0.2, 0.25) is 0 Å². The summed E-state index contributed by atoms with van der Waals surface area (Å²) in [6, 6.07) is 11.1. The van der Waals surface area contributed by atoms with Gasteiger partial charge in [-0.2, -0.15) is 0 Å². The van der Waals surface area contributed by atoms with E-state index in [1.807, 2.05) is 46.5 Å². The highest BCUT2D eigenvalue weighted by atomic mass is 35.5. The standard InChI is InChI=1S/C20H19Cl2N5OS/c1-3-27-19(13(2)28-17-10-14(21)7-8-16(17)22)24-25-20(27)29-12-15-11-26-9-5-4-6-18(26)23-15/h4-11,13H,3,12H2,1-2H3. The van der Waals surface area contributed by atoms with Crippen molar-refractivity contribution in [2.24, 2.45) is 0 Å². The molecule has 0 spiro atoms. The first-order valence-electron chi connectivity index (χ1n) is 9.15. The first-order valence-corrected chi connectivity index (χ1v) is 10.9. The Labute approximate surface area is 182 Å². The van der Waals surface area contributed by atoms with Crippen LogP contribution in [-0.4, -0.2) is 24.1 Å². The number of imidazole rings is 1. The lowest BCUT2D eigenvalue weighted by Crippen LogP contribution is -2.12. The zero-order chi connectivity index (χ0) is 20.4. The van der Waals surface area contributed by atoms with Gasteiger partial charge in [-0.25, -0.2) is 4.98 Å². The van der Waals surface area contributed by atoms with Gasteiger partial charge in [0.25, 0.3) is 0 Å². The molecule has 4 rings (SSSR count). The summed E-state index contributed by atoms with van der Waals surface area (Å²) >= 11 is 13.9. The van der Waals surface area contributed by atoms with E-state index in [9.17, 15) is 0 Å². The number of nitrogens with zero attached hydrogens (tertiary/aromatic N) is 5. The minimum Gasteiger partial charge on any atom is -0.481 e. The minimum atomic E-state index is -0.331. The van der Waals surface area contributed by atoms with Crippen LogP contribution in [0.3, 0.4) is 0 Å². The molecule has 3 heterocycles. The normalized spacial score (nSPS) is 12.4. The lowest BCUT2D eigenvalue weighted by atomic mass is 10.3. The maximum Gasteiger partial charge on any atom is 0.191 e. The Morgan fingerprint density at radius 3 is 2.83 bits per heavy atom. The molecule has 0 amide bonds. The summed E-state index contributed by atoms with van der Waals surface area (Å²) < 4.78 is 10.1. The Hall–Kier alpha value is -2.22. The molecule has 0 fully saturated rings. The zero-order valence-corrected chi connectivity index (χ0v) is 18.2. The van der Waals surface area contributed by atoms with E-state index < -0.39 is 0 Å². The molecule has 0 bridgehead atoms. The molecule has 3 aromatic heterocycles. The van der Waals surface area contributed by atoms with Gasteiger partial charge in [-0.1, -0.05) is 41.0 Å². The Morgan fingerprint density at radius 2 is 2.03 bits per heavy atom. The largest absolute Gasteiger partial charge is 0.481 e. The van der Waals surface area contributed by atoms with Crippen molar-refractivity contribution in [3.63, 3.8) is 0 Å². The molecule has 0 aliphatic heterocycles. The Bertz CT molecular complexity index is 1110. The monoisotopic (exact) mass is 447 g/mol. The predicted octanol–water partition coefficient (Wildman–Crippen LogP) is 5.68. The van der Waals surface area contributed by atoms with Crippen molar-refractivity contribution in [3.8, 4) is 5.75 Å². The Morgan fingerprint density at radius 1 is 1.17 bits per heavy atom. The quantitative estimate of drug-likeness (QED) is 0.340. The number of hydrogen-bond acceptors (Lipinski definition) is 5. The zero-order valence-electron chi connectivity index (χ0n) is 15.9. The second kappa shape index (κ2) is 8.65. The Balaban J connectivity index is 1.50. The third-order valence-electron chi connectivity index (χ3n) is 4.39. The van der Waals surface area contributed by atoms with Crippen LogP contribution in [0.2, 0.25) is 10.0 Å². The van der Waals surface area contributed by atoms with E-state index >= 15 is 0 Å². The van der Waals surface area contributed by atoms with E-state index in [2.05, 4.69) is 22.1 Å². The van der Waals surface area contributed by atoms with E-state index in [0.29, 0.717) is 21.5 Å². The second-order valence-electron chi connectivity index (χ2n) is 6.41. The number of fused-ring (bicyclic) bond motifs is 1. The summed E-state index contributed by atoms with van der Waals surface area (Å²) in [7, 11) is 0. The van der Waals surface area contributed by atoms with Crippen molar-refractivity contribution in [1.82, 2.24) is 24.1 Å². The number of halogens is 2. The summed E-state index contributed by atoms with van der Waals surface area (Å²) in [5.41, 5.74) is 1.92. The van der Waals surface area contributed by atoms with Crippen molar-refractivity contribution in [2.45, 2.75) is 37.4 Å². The van der Waals surface area contributed by atoms with E-state index in [1.165, 1.54) is 0 Å². The van der Waals surface area contributed by atoms with Crippen LogP contribution in [0.15, 0.2) is 53.9 Å². The average molecular weight is 448 g/mol. The number of thioether (sulfide) groups is 1. The number of aromatic nitrogens is 5. The predicted molar refractivity (Wildman–Crippen MR) is 116 cm³/mol. The van der Waals surface area contributed by atoms with Gasteiger partial charge in [-0.15, -0.1) is 10.2 Å². The third-order valence-corrected chi connectivity index (χ3v) is 5.93. The SMILES string of the molecule is CCn1c(SCc2cn3ccccc3n2)nnc1C(C)Oc1cc(Cl)ccc1Cl.